The zero-order valence-electron chi connectivity index (χ0n) is 11.7. The van der Waals surface area contributed by atoms with Crippen molar-refractivity contribution in [2.75, 3.05) is 12.3 Å². The molecule has 0 aliphatic heterocycles. The van der Waals surface area contributed by atoms with Crippen molar-refractivity contribution < 1.29 is 8.42 Å². The molecule has 0 bridgehead atoms. The summed E-state index contributed by atoms with van der Waals surface area (Å²) in [6.07, 6.45) is 6.17. The Morgan fingerprint density at radius 1 is 1.24 bits per heavy atom. The Kier molecular flexibility index (Phi) is 3.82. The summed E-state index contributed by atoms with van der Waals surface area (Å²) < 4.78 is 27.8. The van der Waals surface area contributed by atoms with E-state index in [0.717, 1.165) is 12.8 Å². The second-order valence-electron chi connectivity index (χ2n) is 5.55. The van der Waals surface area contributed by atoms with E-state index in [1.54, 1.807) is 24.4 Å². The molecule has 3 N–H and O–H groups in total. The van der Waals surface area contributed by atoms with Crippen molar-refractivity contribution in [2.45, 2.75) is 30.6 Å². The summed E-state index contributed by atoms with van der Waals surface area (Å²) in [4.78, 5) is 4.39. The lowest BCUT2D eigenvalue weighted by Crippen LogP contribution is -2.28. The minimum Gasteiger partial charge on any atom is -0.398 e. The highest BCUT2D eigenvalue weighted by molar-refractivity contribution is 7.89. The smallest absolute Gasteiger partial charge is 0.242 e. The quantitative estimate of drug-likeness (QED) is 0.849. The van der Waals surface area contributed by atoms with Crippen molar-refractivity contribution >= 4 is 26.6 Å². The van der Waals surface area contributed by atoms with Gasteiger partial charge in [-0.2, -0.15) is 0 Å². The Bertz CT molecular complexity index is 753. The van der Waals surface area contributed by atoms with Gasteiger partial charge >= 0.3 is 0 Å². The predicted molar refractivity (Wildman–Crippen MR) is 83.3 cm³/mol. The molecule has 1 aliphatic carbocycles. The van der Waals surface area contributed by atoms with Crippen molar-refractivity contribution in [3.05, 3.63) is 30.5 Å². The van der Waals surface area contributed by atoms with Gasteiger partial charge < -0.3 is 5.73 Å². The molecular formula is C15H19N3O2S. The number of anilines is 1. The van der Waals surface area contributed by atoms with E-state index in [4.69, 9.17) is 5.73 Å². The fourth-order valence-electron chi connectivity index (χ4n) is 2.91. The van der Waals surface area contributed by atoms with E-state index in [0.29, 0.717) is 29.1 Å². The van der Waals surface area contributed by atoms with Gasteiger partial charge in [0, 0.05) is 23.8 Å². The molecule has 2 aromatic rings. The number of nitrogens with one attached hydrogen (secondary N) is 1. The maximum absolute atomic E-state index is 12.5. The molecule has 0 amide bonds. The van der Waals surface area contributed by atoms with E-state index >= 15 is 0 Å². The fraction of sp³-hybridized carbons (Fsp3) is 0.400. The monoisotopic (exact) mass is 305 g/mol. The Hall–Kier alpha value is -1.66. The van der Waals surface area contributed by atoms with Gasteiger partial charge in [-0.25, -0.2) is 13.1 Å². The van der Waals surface area contributed by atoms with Gasteiger partial charge in [-0.3, -0.25) is 4.98 Å². The zero-order valence-corrected chi connectivity index (χ0v) is 12.6. The molecule has 0 radical (unpaired) electrons. The predicted octanol–water partition coefficient (Wildman–Crippen LogP) is 2.29. The minimum absolute atomic E-state index is 0.199. The number of fused-ring (bicyclic) bond motifs is 1. The third kappa shape index (κ3) is 2.87. The van der Waals surface area contributed by atoms with Crippen LogP contribution in [0.15, 0.2) is 35.4 Å². The van der Waals surface area contributed by atoms with E-state index in [1.807, 2.05) is 0 Å². The van der Waals surface area contributed by atoms with Gasteiger partial charge in [-0.1, -0.05) is 12.8 Å². The fourth-order valence-corrected chi connectivity index (χ4v) is 4.18. The van der Waals surface area contributed by atoms with Crippen LogP contribution in [0.25, 0.3) is 10.9 Å². The summed E-state index contributed by atoms with van der Waals surface area (Å²) in [6, 6.07) is 6.69. The van der Waals surface area contributed by atoms with Crippen LogP contribution in [0, 0.1) is 5.92 Å². The van der Waals surface area contributed by atoms with Crippen LogP contribution in [0.1, 0.15) is 25.7 Å². The van der Waals surface area contributed by atoms with Crippen molar-refractivity contribution in [3.63, 3.8) is 0 Å². The molecule has 0 atom stereocenters. The van der Waals surface area contributed by atoms with E-state index in [2.05, 4.69) is 9.71 Å². The van der Waals surface area contributed by atoms with Gasteiger partial charge in [-0.15, -0.1) is 0 Å². The summed E-state index contributed by atoms with van der Waals surface area (Å²) >= 11 is 0. The lowest BCUT2D eigenvalue weighted by molar-refractivity contribution is 0.520. The number of sulfonamides is 1. The highest BCUT2D eigenvalue weighted by atomic mass is 32.2. The number of hydrogen-bond donors (Lipinski definition) is 2. The summed E-state index contributed by atoms with van der Waals surface area (Å²) in [5.41, 5.74) is 6.85. The molecule has 1 aromatic carbocycles. The normalized spacial score (nSPS) is 16.6. The molecule has 6 heteroatoms. The first-order chi connectivity index (χ1) is 10.1. The molecular weight excluding hydrogens is 286 g/mol. The molecule has 0 spiro atoms. The van der Waals surface area contributed by atoms with Crippen LogP contribution in [0.4, 0.5) is 5.69 Å². The van der Waals surface area contributed by atoms with Gasteiger partial charge in [-0.05, 0) is 43.0 Å². The summed E-state index contributed by atoms with van der Waals surface area (Å²) in [5, 5.41) is 0.668. The summed E-state index contributed by atoms with van der Waals surface area (Å²) in [7, 11) is -3.56. The molecule has 1 saturated carbocycles. The third-order valence-electron chi connectivity index (χ3n) is 4.09. The summed E-state index contributed by atoms with van der Waals surface area (Å²) in [6.45, 7) is 0.501. The van der Waals surface area contributed by atoms with Crippen LogP contribution < -0.4 is 10.5 Å². The average molecular weight is 305 g/mol. The molecule has 1 aromatic heterocycles. The van der Waals surface area contributed by atoms with Gasteiger partial charge in [0.05, 0.1) is 5.52 Å². The number of nitrogens with zero attached hydrogens (tertiary/aromatic N) is 1. The number of nitrogen functional groups attached to an aromatic ring is 1. The number of aromatic nitrogens is 1. The van der Waals surface area contributed by atoms with Crippen molar-refractivity contribution in [2.24, 2.45) is 5.92 Å². The van der Waals surface area contributed by atoms with Crippen LogP contribution in [-0.4, -0.2) is 19.9 Å². The molecule has 1 aliphatic rings. The van der Waals surface area contributed by atoms with Crippen molar-refractivity contribution in [1.29, 1.82) is 0 Å². The van der Waals surface area contributed by atoms with Crippen molar-refractivity contribution in [1.82, 2.24) is 9.71 Å². The van der Waals surface area contributed by atoms with Crippen LogP contribution in [0.2, 0.25) is 0 Å². The standard InChI is InChI=1S/C15H19N3O2S/c16-13-7-8-14(15-12(13)6-3-9-17-15)21(19,20)18-10-11-4-1-2-5-11/h3,6-9,11,18H,1-2,4-5,10,16H2. The van der Waals surface area contributed by atoms with Gasteiger partial charge in [0.2, 0.25) is 10.0 Å². The van der Waals surface area contributed by atoms with Crippen molar-refractivity contribution in [3.8, 4) is 0 Å². The van der Waals surface area contributed by atoms with Crippen LogP contribution >= 0.6 is 0 Å². The molecule has 3 rings (SSSR count). The number of rotatable bonds is 4. The Morgan fingerprint density at radius 2 is 2.00 bits per heavy atom. The molecule has 21 heavy (non-hydrogen) atoms. The molecule has 0 saturated heterocycles. The zero-order chi connectivity index (χ0) is 14.9. The first kappa shape index (κ1) is 14.3. The van der Waals surface area contributed by atoms with Crippen LogP contribution in [-0.2, 0) is 10.0 Å². The molecule has 112 valence electrons. The number of nitrogens with two attached hydrogens (primary N) is 1. The Labute approximate surface area is 124 Å². The Balaban J connectivity index is 1.93. The second-order valence-corrected chi connectivity index (χ2v) is 7.29. The lowest BCUT2D eigenvalue weighted by atomic mass is 10.1. The molecule has 1 heterocycles. The molecule has 1 fully saturated rings. The van der Waals surface area contributed by atoms with E-state index in [-0.39, 0.29) is 4.90 Å². The van der Waals surface area contributed by atoms with Crippen LogP contribution in [0.3, 0.4) is 0 Å². The van der Waals surface area contributed by atoms with E-state index in [9.17, 15) is 8.42 Å². The number of benzene rings is 1. The maximum atomic E-state index is 12.5. The highest BCUT2D eigenvalue weighted by Crippen LogP contribution is 2.27. The number of pyridine rings is 1. The largest absolute Gasteiger partial charge is 0.398 e. The van der Waals surface area contributed by atoms with Gasteiger partial charge in [0.15, 0.2) is 0 Å². The topological polar surface area (TPSA) is 85.1 Å². The van der Waals surface area contributed by atoms with E-state index < -0.39 is 10.0 Å². The lowest BCUT2D eigenvalue weighted by Gasteiger charge is -2.13. The molecule has 0 unspecified atom stereocenters. The van der Waals surface area contributed by atoms with Gasteiger partial charge in [0.1, 0.15) is 4.90 Å². The van der Waals surface area contributed by atoms with Crippen LogP contribution in [0.5, 0.6) is 0 Å². The summed E-state index contributed by atoms with van der Waals surface area (Å²) in [5.74, 6) is 0.452. The molecule has 5 nitrogen and oxygen atoms in total. The highest BCUT2D eigenvalue weighted by Gasteiger charge is 2.22. The average Bonchev–Trinajstić information content (AvgIpc) is 2.99. The first-order valence-corrected chi connectivity index (χ1v) is 8.69. The van der Waals surface area contributed by atoms with Gasteiger partial charge in [0.25, 0.3) is 0 Å². The minimum atomic E-state index is -3.56. The maximum Gasteiger partial charge on any atom is 0.242 e. The SMILES string of the molecule is Nc1ccc(S(=O)(=O)NCC2CCCC2)c2ncccc12. The second kappa shape index (κ2) is 5.61. The first-order valence-electron chi connectivity index (χ1n) is 7.21. The Morgan fingerprint density at radius 3 is 2.76 bits per heavy atom. The number of hydrogen-bond acceptors (Lipinski definition) is 4. The van der Waals surface area contributed by atoms with E-state index in [1.165, 1.54) is 18.9 Å². The third-order valence-corrected chi connectivity index (χ3v) is 5.55.